The molecule has 0 saturated heterocycles. The van der Waals surface area contributed by atoms with E-state index in [2.05, 4.69) is 58.0 Å². The molecule has 2 heterocycles. The van der Waals surface area contributed by atoms with Crippen LogP contribution in [-0.4, -0.2) is 6.54 Å². The molecule has 0 spiro atoms. The van der Waals surface area contributed by atoms with E-state index < -0.39 is 0 Å². The fraction of sp³-hybridized carbons (Fsp3) is 0.385. The van der Waals surface area contributed by atoms with Crippen LogP contribution in [0.5, 0.6) is 0 Å². The summed E-state index contributed by atoms with van der Waals surface area (Å²) < 4.78 is 1.20. The summed E-state index contributed by atoms with van der Waals surface area (Å²) in [6.45, 7) is 5.41. The second kappa shape index (κ2) is 6.14. The number of nitrogens with one attached hydrogen (secondary N) is 1. The zero-order valence-corrected chi connectivity index (χ0v) is 13.2. The van der Waals surface area contributed by atoms with Crippen LogP contribution in [-0.2, 0) is 0 Å². The van der Waals surface area contributed by atoms with Crippen LogP contribution in [0, 0.1) is 6.92 Å². The van der Waals surface area contributed by atoms with Gasteiger partial charge in [-0.05, 0) is 69.8 Å². The van der Waals surface area contributed by atoms with Crippen LogP contribution in [0.1, 0.15) is 35.4 Å². The van der Waals surface area contributed by atoms with Gasteiger partial charge in [0.25, 0.3) is 0 Å². The maximum atomic E-state index is 3.62. The van der Waals surface area contributed by atoms with Crippen LogP contribution in [0.3, 0.4) is 0 Å². The van der Waals surface area contributed by atoms with Crippen molar-refractivity contribution < 1.29 is 0 Å². The second-order valence-electron chi connectivity index (χ2n) is 4.06. The molecule has 1 unspecified atom stereocenters. The fourth-order valence-corrected chi connectivity index (χ4v) is 3.74. The van der Waals surface area contributed by atoms with E-state index in [1.54, 1.807) is 11.3 Å². The van der Waals surface area contributed by atoms with Crippen molar-refractivity contribution in [3.05, 3.63) is 42.7 Å². The third-order valence-corrected chi connectivity index (χ3v) is 5.01. The molecule has 0 radical (unpaired) electrons. The Kier molecular flexibility index (Phi) is 4.79. The number of hydrogen-bond donors (Lipinski definition) is 1. The molecule has 2 rings (SSSR count). The zero-order valence-electron chi connectivity index (χ0n) is 10.00. The number of halogens is 1. The summed E-state index contributed by atoms with van der Waals surface area (Å²) in [6.07, 6.45) is 1.16. The first-order chi connectivity index (χ1) is 8.20. The molecule has 1 nitrogen and oxygen atoms in total. The fourth-order valence-electron chi connectivity index (χ4n) is 1.81. The highest BCUT2D eigenvalue weighted by Gasteiger charge is 2.15. The summed E-state index contributed by atoms with van der Waals surface area (Å²) >= 11 is 7.11. The Balaban J connectivity index is 2.24. The largest absolute Gasteiger partial charge is 0.306 e. The van der Waals surface area contributed by atoms with Crippen LogP contribution in [0.25, 0.3) is 0 Å². The minimum atomic E-state index is 0.336. The van der Waals surface area contributed by atoms with Crippen molar-refractivity contribution in [2.24, 2.45) is 0 Å². The number of rotatable bonds is 5. The lowest BCUT2D eigenvalue weighted by Gasteiger charge is -2.16. The summed E-state index contributed by atoms with van der Waals surface area (Å²) in [5.41, 5.74) is 2.74. The standard InChI is InChI=1S/C13H16BrNS2/c1-3-4-15-13(10-5-9(2)16-7-10)11-6-12(14)17-8-11/h5-8,13,15H,3-4H2,1-2H3. The van der Waals surface area contributed by atoms with E-state index in [1.807, 2.05) is 11.3 Å². The Morgan fingerprint density at radius 1 is 1.24 bits per heavy atom. The number of aryl methyl sites for hydroxylation is 1. The lowest BCUT2D eigenvalue weighted by Crippen LogP contribution is -2.22. The maximum Gasteiger partial charge on any atom is 0.0701 e. The van der Waals surface area contributed by atoms with Gasteiger partial charge < -0.3 is 5.32 Å². The Hall–Kier alpha value is -0.160. The molecule has 0 aromatic carbocycles. The Morgan fingerprint density at radius 2 is 1.94 bits per heavy atom. The first-order valence-electron chi connectivity index (χ1n) is 5.73. The van der Waals surface area contributed by atoms with Crippen LogP contribution in [0.15, 0.2) is 26.7 Å². The van der Waals surface area contributed by atoms with Crippen LogP contribution in [0.4, 0.5) is 0 Å². The highest BCUT2D eigenvalue weighted by molar-refractivity contribution is 9.11. The topological polar surface area (TPSA) is 12.0 Å². The molecule has 0 aliphatic heterocycles. The van der Waals surface area contributed by atoms with E-state index >= 15 is 0 Å². The van der Waals surface area contributed by atoms with Gasteiger partial charge in [-0.3, -0.25) is 0 Å². The number of thiophene rings is 2. The van der Waals surface area contributed by atoms with E-state index in [1.165, 1.54) is 19.8 Å². The lowest BCUT2D eigenvalue weighted by molar-refractivity contribution is 0.601. The number of hydrogen-bond acceptors (Lipinski definition) is 3. The highest BCUT2D eigenvalue weighted by Crippen LogP contribution is 2.31. The van der Waals surface area contributed by atoms with Gasteiger partial charge in [0.1, 0.15) is 0 Å². The van der Waals surface area contributed by atoms with Crippen molar-refractivity contribution in [1.82, 2.24) is 5.32 Å². The van der Waals surface area contributed by atoms with E-state index in [4.69, 9.17) is 0 Å². The molecular formula is C13H16BrNS2. The van der Waals surface area contributed by atoms with Gasteiger partial charge in [0.05, 0.1) is 9.83 Å². The van der Waals surface area contributed by atoms with Gasteiger partial charge >= 0.3 is 0 Å². The molecular weight excluding hydrogens is 314 g/mol. The quantitative estimate of drug-likeness (QED) is 0.816. The average Bonchev–Trinajstić information content (AvgIpc) is 2.89. The molecule has 0 saturated carbocycles. The molecule has 4 heteroatoms. The molecule has 2 aromatic heterocycles. The second-order valence-corrected chi connectivity index (χ2v) is 7.47. The Morgan fingerprint density at radius 3 is 2.47 bits per heavy atom. The minimum Gasteiger partial charge on any atom is -0.306 e. The van der Waals surface area contributed by atoms with Crippen molar-refractivity contribution in [2.45, 2.75) is 26.3 Å². The molecule has 1 N–H and O–H groups in total. The van der Waals surface area contributed by atoms with Gasteiger partial charge in [-0.1, -0.05) is 6.92 Å². The van der Waals surface area contributed by atoms with E-state index in [0.717, 1.165) is 13.0 Å². The van der Waals surface area contributed by atoms with Crippen LogP contribution >= 0.6 is 38.6 Å². The van der Waals surface area contributed by atoms with E-state index in [0.29, 0.717) is 6.04 Å². The molecule has 0 amide bonds. The zero-order chi connectivity index (χ0) is 12.3. The predicted molar refractivity (Wildman–Crippen MR) is 81.2 cm³/mol. The molecule has 0 aliphatic rings. The van der Waals surface area contributed by atoms with Gasteiger partial charge in [0.15, 0.2) is 0 Å². The summed E-state index contributed by atoms with van der Waals surface area (Å²) in [5, 5.41) is 8.11. The van der Waals surface area contributed by atoms with Gasteiger partial charge in [-0.25, -0.2) is 0 Å². The van der Waals surface area contributed by atoms with Crippen LogP contribution < -0.4 is 5.32 Å². The molecule has 0 bridgehead atoms. The molecule has 17 heavy (non-hydrogen) atoms. The first-order valence-corrected chi connectivity index (χ1v) is 8.28. The highest BCUT2D eigenvalue weighted by atomic mass is 79.9. The summed E-state index contributed by atoms with van der Waals surface area (Å²) in [6, 6.07) is 4.83. The molecule has 92 valence electrons. The van der Waals surface area contributed by atoms with E-state index in [9.17, 15) is 0 Å². The van der Waals surface area contributed by atoms with Gasteiger partial charge in [-0.15, -0.1) is 22.7 Å². The maximum absolute atomic E-state index is 3.62. The van der Waals surface area contributed by atoms with Crippen LogP contribution in [0.2, 0.25) is 0 Å². The van der Waals surface area contributed by atoms with E-state index in [-0.39, 0.29) is 0 Å². The smallest absolute Gasteiger partial charge is 0.0701 e. The molecule has 0 fully saturated rings. The minimum absolute atomic E-state index is 0.336. The van der Waals surface area contributed by atoms with Crippen molar-refractivity contribution in [1.29, 1.82) is 0 Å². The monoisotopic (exact) mass is 329 g/mol. The molecule has 0 aliphatic carbocycles. The summed E-state index contributed by atoms with van der Waals surface area (Å²) in [7, 11) is 0. The normalized spacial score (nSPS) is 12.9. The molecule has 2 aromatic rings. The van der Waals surface area contributed by atoms with Gasteiger partial charge in [0.2, 0.25) is 0 Å². The van der Waals surface area contributed by atoms with Crippen molar-refractivity contribution in [3.8, 4) is 0 Å². The third kappa shape index (κ3) is 3.41. The Labute approximate surface area is 119 Å². The Bertz CT molecular complexity index is 435. The van der Waals surface area contributed by atoms with Gasteiger partial charge in [-0.2, -0.15) is 0 Å². The lowest BCUT2D eigenvalue weighted by atomic mass is 10.0. The summed E-state index contributed by atoms with van der Waals surface area (Å²) in [4.78, 5) is 1.37. The van der Waals surface area contributed by atoms with Crippen molar-refractivity contribution >= 4 is 38.6 Å². The van der Waals surface area contributed by atoms with Gasteiger partial charge in [0, 0.05) is 4.88 Å². The van der Waals surface area contributed by atoms with Crippen molar-refractivity contribution in [3.63, 3.8) is 0 Å². The van der Waals surface area contributed by atoms with Crippen molar-refractivity contribution in [2.75, 3.05) is 6.54 Å². The first kappa shape index (κ1) is 13.3. The average molecular weight is 330 g/mol. The summed E-state index contributed by atoms with van der Waals surface area (Å²) in [5.74, 6) is 0. The SMILES string of the molecule is CCCNC(c1csc(C)c1)c1csc(Br)c1. The molecule has 1 atom stereocenters. The third-order valence-electron chi connectivity index (χ3n) is 2.60. The predicted octanol–water partition coefficient (Wildman–Crippen LogP) is 4.97.